The van der Waals surface area contributed by atoms with Gasteiger partial charge in [0, 0.05) is 23.8 Å². The van der Waals surface area contributed by atoms with Gasteiger partial charge in [-0.15, -0.1) is 15.3 Å². The predicted molar refractivity (Wildman–Crippen MR) is 94.4 cm³/mol. The first-order chi connectivity index (χ1) is 12.6. The van der Waals surface area contributed by atoms with Crippen LogP contribution in [0.25, 0.3) is 16.8 Å². The summed E-state index contributed by atoms with van der Waals surface area (Å²) in [4.78, 5) is 10.7. The van der Waals surface area contributed by atoms with Crippen LogP contribution < -0.4 is 4.74 Å². The van der Waals surface area contributed by atoms with Gasteiger partial charge in [0.05, 0.1) is 4.92 Å². The first-order valence-corrected chi connectivity index (χ1v) is 7.89. The smallest absolute Gasteiger partial charge is 0.270 e. The van der Waals surface area contributed by atoms with Gasteiger partial charge >= 0.3 is 0 Å². The number of hydrogen-bond donors (Lipinski definition) is 0. The Morgan fingerprint density at radius 2 is 1.85 bits per heavy atom. The highest BCUT2D eigenvalue weighted by Gasteiger charge is 2.15. The molecule has 0 saturated heterocycles. The number of rotatable bonds is 4. The Morgan fingerprint density at radius 1 is 1.04 bits per heavy atom. The zero-order chi connectivity index (χ0) is 18.1. The molecule has 2 aromatic heterocycles. The summed E-state index contributed by atoms with van der Waals surface area (Å²) in [6, 6.07) is 16.9. The van der Waals surface area contributed by atoms with Crippen molar-refractivity contribution in [3.05, 3.63) is 76.1 Å². The van der Waals surface area contributed by atoms with E-state index in [1.165, 1.54) is 16.6 Å². The number of ether oxygens (including phenoxy) is 1. The van der Waals surface area contributed by atoms with Crippen LogP contribution in [0.4, 0.5) is 5.69 Å². The first-order valence-electron chi connectivity index (χ1n) is 7.51. The van der Waals surface area contributed by atoms with E-state index >= 15 is 0 Å². The molecule has 0 N–H and O–H groups in total. The number of nitro benzene ring substituents is 1. The van der Waals surface area contributed by atoms with Gasteiger partial charge < -0.3 is 4.74 Å². The van der Waals surface area contributed by atoms with Crippen molar-refractivity contribution >= 4 is 22.9 Å². The van der Waals surface area contributed by atoms with E-state index < -0.39 is 4.92 Å². The fourth-order valence-electron chi connectivity index (χ4n) is 2.48. The Morgan fingerprint density at radius 3 is 2.62 bits per heavy atom. The van der Waals surface area contributed by atoms with Crippen LogP contribution in [0.5, 0.6) is 11.6 Å². The van der Waals surface area contributed by atoms with Crippen LogP contribution in [0, 0.1) is 10.1 Å². The Balaban J connectivity index is 1.79. The third-order valence-corrected chi connectivity index (χ3v) is 3.91. The van der Waals surface area contributed by atoms with E-state index in [0.29, 0.717) is 17.0 Å². The van der Waals surface area contributed by atoms with Crippen molar-refractivity contribution in [2.45, 2.75) is 0 Å². The van der Waals surface area contributed by atoms with Gasteiger partial charge in [0.2, 0.25) is 11.2 Å². The summed E-state index contributed by atoms with van der Waals surface area (Å²) in [5, 5.41) is 23.0. The zero-order valence-corrected chi connectivity index (χ0v) is 13.9. The van der Waals surface area contributed by atoms with Crippen molar-refractivity contribution in [3.63, 3.8) is 0 Å². The van der Waals surface area contributed by atoms with E-state index in [9.17, 15) is 10.1 Å². The second kappa shape index (κ2) is 6.41. The molecule has 0 unspecified atom stereocenters. The molecule has 8 nitrogen and oxygen atoms in total. The lowest BCUT2D eigenvalue weighted by Crippen LogP contribution is -1.97. The zero-order valence-electron chi connectivity index (χ0n) is 13.1. The van der Waals surface area contributed by atoms with Crippen LogP contribution in [-0.2, 0) is 0 Å². The van der Waals surface area contributed by atoms with Crippen molar-refractivity contribution in [2.75, 3.05) is 0 Å². The third kappa shape index (κ3) is 2.93. The second-order valence-corrected chi connectivity index (χ2v) is 5.65. The average Bonchev–Trinajstić information content (AvgIpc) is 3.03. The molecule has 4 aromatic rings. The lowest BCUT2D eigenvalue weighted by Gasteiger charge is -2.11. The molecule has 0 radical (unpaired) electrons. The molecule has 0 fully saturated rings. The molecule has 9 heteroatoms. The Hall–Kier alpha value is -3.52. The maximum absolute atomic E-state index is 11.1. The fourth-order valence-corrected chi connectivity index (χ4v) is 2.64. The summed E-state index contributed by atoms with van der Waals surface area (Å²) in [5.41, 5.74) is 1.82. The normalized spacial score (nSPS) is 10.8. The Kier molecular flexibility index (Phi) is 3.94. The summed E-state index contributed by atoms with van der Waals surface area (Å²) >= 11 is 5.93. The molecule has 0 aliphatic rings. The summed E-state index contributed by atoms with van der Waals surface area (Å²) in [6.45, 7) is 0. The molecule has 0 amide bonds. The first kappa shape index (κ1) is 16.0. The lowest BCUT2D eigenvalue weighted by atomic mass is 10.0. The van der Waals surface area contributed by atoms with Crippen molar-refractivity contribution < 1.29 is 9.66 Å². The van der Waals surface area contributed by atoms with Crippen molar-refractivity contribution in [1.82, 2.24) is 19.8 Å². The number of benzene rings is 2. The number of nitrogens with zero attached hydrogens (tertiary/aromatic N) is 5. The van der Waals surface area contributed by atoms with Gasteiger partial charge in [-0.2, -0.15) is 4.52 Å². The molecular weight excluding hydrogens is 358 g/mol. The fraction of sp³-hybridized carbons (Fsp3) is 0. The van der Waals surface area contributed by atoms with E-state index in [4.69, 9.17) is 16.3 Å². The Labute approximate surface area is 151 Å². The number of nitro groups is 1. The van der Waals surface area contributed by atoms with Crippen LogP contribution >= 0.6 is 11.6 Å². The molecule has 0 atom stereocenters. The third-order valence-electron chi connectivity index (χ3n) is 3.67. The van der Waals surface area contributed by atoms with E-state index in [0.717, 1.165) is 5.56 Å². The predicted octanol–water partition coefficient (Wildman–Crippen LogP) is 4.15. The number of non-ortho nitro benzene ring substituents is 1. The highest BCUT2D eigenvalue weighted by molar-refractivity contribution is 6.28. The monoisotopic (exact) mass is 367 g/mol. The molecule has 2 heterocycles. The van der Waals surface area contributed by atoms with Crippen LogP contribution in [0.2, 0.25) is 5.28 Å². The topological polar surface area (TPSA) is 95.5 Å². The summed E-state index contributed by atoms with van der Waals surface area (Å²) < 4.78 is 7.20. The quantitative estimate of drug-likeness (QED) is 0.397. The standard InChI is InChI=1S/C17H10ClN5O3/c18-17-20-19-15-8-9-16(21-22(15)17)26-14-7-6-12(23(24)25)10-13(14)11-4-2-1-3-5-11/h1-10H. The van der Waals surface area contributed by atoms with Gasteiger partial charge in [-0.05, 0) is 29.3 Å². The van der Waals surface area contributed by atoms with Gasteiger partial charge in [-0.3, -0.25) is 10.1 Å². The van der Waals surface area contributed by atoms with Crippen LogP contribution in [0.15, 0.2) is 60.7 Å². The Bertz CT molecular complexity index is 1110. The highest BCUT2D eigenvalue weighted by atomic mass is 35.5. The van der Waals surface area contributed by atoms with Gasteiger partial charge in [-0.1, -0.05) is 30.3 Å². The minimum absolute atomic E-state index is 0.0264. The molecular formula is C17H10ClN5O3. The molecule has 0 bridgehead atoms. The SMILES string of the molecule is O=[N+]([O-])c1ccc(Oc2ccc3nnc(Cl)n3n2)c(-c2ccccc2)c1. The number of hydrogen-bond acceptors (Lipinski definition) is 6. The van der Waals surface area contributed by atoms with Crippen molar-refractivity contribution in [1.29, 1.82) is 0 Å². The van der Waals surface area contributed by atoms with Crippen molar-refractivity contribution in [2.24, 2.45) is 0 Å². The molecule has 26 heavy (non-hydrogen) atoms. The number of fused-ring (bicyclic) bond motifs is 1. The van der Waals surface area contributed by atoms with Crippen molar-refractivity contribution in [3.8, 4) is 22.8 Å². The van der Waals surface area contributed by atoms with E-state index in [-0.39, 0.29) is 16.9 Å². The summed E-state index contributed by atoms with van der Waals surface area (Å²) in [5.74, 6) is 0.683. The molecule has 128 valence electrons. The van der Waals surface area contributed by atoms with Crippen LogP contribution in [-0.4, -0.2) is 24.7 Å². The van der Waals surface area contributed by atoms with Gasteiger partial charge in [0.1, 0.15) is 5.75 Å². The van der Waals surface area contributed by atoms with E-state index in [1.807, 2.05) is 30.3 Å². The molecule has 0 aliphatic carbocycles. The number of halogens is 1. The highest BCUT2D eigenvalue weighted by Crippen LogP contribution is 2.35. The molecule has 4 rings (SSSR count). The van der Waals surface area contributed by atoms with E-state index in [2.05, 4.69) is 15.3 Å². The summed E-state index contributed by atoms with van der Waals surface area (Å²) in [6.07, 6.45) is 0. The minimum Gasteiger partial charge on any atom is -0.437 e. The van der Waals surface area contributed by atoms with Crippen LogP contribution in [0.1, 0.15) is 0 Å². The molecule has 0 aliphatic heterocycles. The van der Waals surface area contributed by atoms with Gasteiger partial charge in [0.15, 0.2) is 5.65 Å². The molecule has 0 saturated carbocycles. The largest absolute Gasteiger partial charge is 0.437 e. The molecule has 0 spiro atoms. The van der Waals surface area contributed by atoms with Gasteiger partial charge in [-0.25, -0.2) is 0 Å². The summed E-state index contributed by atoms with van der Waals surface area (Å²) in [7, 11) is 0. The minimum atomic E-state index is -0.447. The van der Waals surface area contributed by atoms with Crippen LogP contribution in [0.3, 0.4) is 0 Å². The van der Waals surface area contributed by atoms with Gasteiger partial charge in [0.25, 0.3) is 5.69 Å². The second-order valence-electron chi connectivity index (χ2n) is 5.32. The molecule has 2 aromatic carbocycles. The number of aromatic nitrogens is 4. The van der Waals surface area contributed by atoms with E-state index in [1.54, 1.807) is 18.2 Å². The lowest BCUT2D eigenvalue weighted by molar-refractivity contribution is -0.384. The maximum atomic E-state index is 11.1. The maximum Gasteiger partial charge on any atom is 0.270 e. The average molecular weight is 368 g/mol.